The van der Waals surface area contributed by atoms with Crippen molar-refractivity contribution in [3.05, 3.63) is 75.1 Å². The van der Waals surface area contributed by atoms with E-state index >= 15 is 0 Å². The van der Waals surface area contributed by atoms with Gasteiger partial charge in [-0.15, -0.1) is 0 Å². The second-order valence-electron chi connectivity index (χ2n) is 14.8. The molecule has 3 aromatic rings. The minimum Gasteiger partial charge on any atom is -0.451 e. The lowest BCUT2D eigenvalue weighted by molar-refractivity contribution is -0.147. The second-order valence-corrected chi connectivity index (χ2v) is 17.2. The quantitative estimate of drug-likeness (QED) is 0.305. The molecule has 2 fully saturated rings. The van der Waals surface area contributed by atoms with Gasteiger partial charge >= 0.3 is 0 Å². The van der Waals surface area contributed by atoms with E-state index in [1.54, 1.807) is 29.2 Å². The molecule has 3 amide bonds. The molecule has 270 valence electrons. The second kappa shape index (κ2) is 14.8. The summed E-state index contributed by atoms with van der Waals surface area (Å²) in [5.41, 5.74) is -0.352. The molecule has 1 aliphatic carbocycles. The Balaban J connectivity index is 1.39. The number of hydrogen-bond donors (Lipinski definition) is 2. The van der Waals surface area contributed by atoms with Gasteiger partial charge in [-0.1, -0.05) is 43.0 Å². The van der Waals surface area contributed by atoms with Crippen molar-refractivity contribution in [2.24, 2.45) is 11.3 Å². The van der Waals surface area contributed by atoms with Crippen molar-refractivity contribution in [3.8, 4) is 0 Å². The topological polar surface area (TPSA) is 146 Å². The van der Waals surface area contributed by atoms with Gasteiger partial charge in [-0.25, -0.2) is 8.42 Å². The van der Waals surface area contributed by atoms with E-state index < -0.39 is 32.8 Å². The number of benzene rings is 2. The molecule has 1 aliphatic heterocycles. The van der Waals surface area contributed by atoms with Gasteiger partial charge in [0.25, 0.3) is 5.91 Å². The Morgan fingerprint density at radius 2 is 1.66 bits per heavy atom. The predicted octanol–water partition coefficient (Wildman–Crippen LogP) is 5.29. The van der Waals surface area contributed by atoms with Crippen molar-refractivity contribution in [2.75, 3.05) is 30.7 Å². The van der Waals surface area contributed by atoms with E-state index in [9.17, 15) is 27.6 Å². The lowest BCUT2D eigenvalue weighted by Gasteiger charge is -2.48. The zero-order chi connectivity index (χ0) is 36.4. The highest BCUT2D eigenvalue weighted by molar-refractivity contribution is 7.92. The number of anilines is 1. The normalized spacial score (nSPS) is 17.6. The van der Waals surface area contributed by atoms with Crippen molar-refractivity contribution in [2.45, 2.75) is 83.7 Å². The molecular formula is C37H47ClN4O7S. The van der Waals surface area contributed by atoms with Gasteiger partial charge in [-0.05, 0) is 88.3 Å². The van der Waals surface area contributed by atoms with Gasteiger partial charge < -0.3 is 20.0 Å². The zero-order valence-electron chi connectivity index (χ0n) is 29.4. The summed E-state index contributed by atoms with van der Waals surface area (Å²) in [5, 5.41) is 6.68. The molecule has 0 bridgehead atoms. The lowest BCUT2D eigenvalue weighted by atomic mass is 9.63. The molecule has 1 aromatic heterocycles. The number of rotatable bonds is 9. The van der Waals surface area contributed by atoms with Crippen LogP contribution < -0.4 is 20.4 Å². The third-order valence-corrected chi connectivity index (χ3v) is 11.5. The summed E-state index contributed by atoms with van der Waals surface area (Å²) in [6.45, 7) is 6.68. The monoisotopic (exact) mass is 726 g/mol. The van der Waals surface area contributed by atoms with Crippen LogP contribution in [0.25, 0.3) is 11.0 Å². The molecule has 50 heavy (non-hydrogen) atoms. The number of nitrogens with zero attached hydrogens (tertiary/aromatic N) is 2. The highest BCUT2D eigenvalue weighted by Crippen LogP contribution is 2.46. The largest absolute Gasteiger partial charge is 0.451 e. The molecule has 2 aromatic carbocycles. The molecule has 1 atom stereocenters. The van der Waals surface area contributed by atoms with Crippen molar-refractivity contribution >= 4 is 56.0 Å². The molecular weight excluding hydrogens is 680 g/mol. The van der Waals surface area contributed by atoms with Gasteiger partial charge in [0.2, 0.25) is 21.8 Å². The summed E-state index contributed by atoms with van der Waals surface area (Å²) in [7, 11) is -2.20. The molecule has 2 heterocycles. The third-order valence-electron chi connectivity index (χ3n) is 10.0. The minimum absolute atomic E-state index is 0.0523. The third kappa shape index (κ3) is 8.51. The Kier molecular flexibility index (Phi) is 11.0. The van der Waals surface area contributed by atoms with Crippen LogP contribution in [0.5, 0.6) is 0 Å². The Labute approximate surface area is 298 Å². The van der Waals surface area contributed by atoms with Gasteiger partial charge in [0, 0.05) is 43.2 Å². The molecule has 13 heteroatoms. The van der Waals surface area contributed by atoms with Gasteiger partial charge in [-0.3, -0.25) is 23.5 Å². The average Bonchev–Trinajstić information content (AvgIpc) is 3.07. The van der Waals surface area contributed by atoms with E-state index in [1.165, 1.54) is 31.7 Å². The number of hydrogen-bond acceptors (Lipinski definition) is 7. The summed E-state index contributed by atoms with van der Waals surface area (Å²) in [4.78, 5) is 56.6. The van der Waals surface area contributed by atoms with Crippen molar-refractivity contribution < 1.29 is 27.2 Å². The fraction of sp³-hybridized carbons (Fsp3) is 0.514. The smallest absolute Gasteiger partial charge is 0.287 e. The number of halogens is 1. The summed E-state index contributed by atoms with van der Waals surface area (Å²) in [5.74, 6) is -1.02. The van der Waals surface area contributed by atoms with E-state index in [-0.39, 0.29) is 52.1 Å². The summed E-state index contributed by atoms with van der Waals surface area (Å²) >= 11 is 6.11. The number of amides is 3. The summed E-state index contributed by atoms with van der Waals surface area (Å²) in [6, 6.07) is 11.3. The molecule has 0 radical (unpaired) electrons. The number of piperidine rings is 1. The first-order chi connectivity index (χ1) is 23.5. The van der Waals surface area contributed by atoms with Crippen molar-refractivity contribution in [1.82, 2.24) is 15.5 Å². The Morgan fingerprint density at radius 1 is 1.02 bits per heavy atom. The molecule has 11 nitrogen and oxygen atoms in total. The number of sulfonamides is 1. The molecule has 1 saturated carbocycles. The van der Waals surface area contributed by atoms with E-state index in [0.29, 0.717) is 31.0 Å². The van der Waals surface area contributed by atoms with Crippen LogP contribution in [0.4, 0.5) is 5.69 Å². The molecule has 1 saturated heterocycles. The maximum absolute atomic E-state index is 14.2. The lowest BCUT2D eigenvalue weighted by Crippen LogP contribution is -2.59. The fourth-order valence-electron chi connectivity index (χ4n) is 7.22. The van der Waals surface area contributed by atoms with Crippen LogP contribution in [0.1, 0.15) is 81.8 Å². The number of nitrogens with one attached hydrogen (secondary N) is 2. The Bertz CT molecular complexity index is 1910. The number of carbonyl (C=O) groups is 3. The first-order valence-electron chi connectivity index (χ1n) is 17.2. The van der Waals surface area contributed by atoms with E-state index in [1.807, 2.05) is 20.8 Å². The minimum atomic E-state index is -3.57. The number of carbonyl (C=O) groups excluding carboxylic acids is 3. The van der Waals surface area contributed by atoms with Gasteiger partial charge in [0.1, 0.15) is 11.6 Å². The van der Waals surface area contributed by atoms with Crippen molar-refractivity contribution in [3.63, 3.8) is 0 Å². The van der Waals surface area contributed by atoms with Crippen LogP contribution in [-0.4, -0.2) is 69.0 Å². The van der Waals surface area contributed by atoms with Crippen LogP contribution in [0.15, 0.2) is 57.7 Å². The van der Waals surface area contributed by atoms with E-state index in [2.05, 4.69) is 10.6 Å². The standard InChI is InChI=1S/C37H47ClN4O7S/c1-36(2,3)40-35(46)37(25-9-7-6-8-10-25)17-19-42(20-18-37)34(45)29(21-24-11-13-26(38)14-12-24)39-33(44)32-23-30(43)28-22-27(15-16-31(28)49-32)41(4)50(5,47)48/h11-16,22-23,25,29H,6-10,17-21H2,1-5H3,(H,39,44)(H,40,46)/t29-/m1/s1. The van der Waals surface area contributed by atoms with Gasteiger partial charge in [0.05, 0.1) is 22.7 Å². The molecule has 2 N–H and O–H groups in total. The first-order valence-corrected chi connectivity index (χ1v) is 19.4. The SMILES string of the molecule is CN(c1ccc2oc(C(=O)N[C@H](Cc3ccc(Cl)cc3)C(=O)N3CCC(C(=O)NC(C)(C)C)(C4CCCCC4)CC3)cc(=O)c2c1)S(C)(=O)=O. The predicted molar refractivity (Wildman–Crippen MR) is 195 cm³/mol. The van der Waals surface area contributed by atoms with Crippen LogP contribution in [-0.2, 0) is 26.0 Å². The maximum atomic E-state index is 14.2. The Morgan fingerprint density at radius 3 is 2.26 bits per heavy atom. The fourth-order valence-corrected chi connectivity index (χ4v) is 7.84. The average molecular weight is 727 g/mol. The summed E-state index contributed by atoms with van der Waals surface area (Å²) < 4.78 is 30.9. The molecule has 0 spiro atoms. The Hall–Kier alpha value is -3.90. The van der Waals surface area contributed by atoms with Crippen LogP contribution >= 0.6 is 11.6 Å². The van der Waals surface area contributed by atoms with Crippen LogP contribution in [0.2, 0.25) is 5.02 Å². The van der Waals surface area contributed by atoms with Gasteiger partial charge in [0.15, 0.2) is 11.2 Å². The van der Waals surface area contributed by atoms with Gasteiger partial charge in [-0.2, -0.15) is 0 Å². The molecule has 0 unspecified atom stereocenters. The maximum Gasteiger partial charge on any atom is 0.287 e. The molecule has 5 rings (SSSR count). The van der Waals surface area contributed by atoms with Crippen molar-refractivity contribution in [1.29, 1.82) is 0 Å². The first kappa shape index (κ1) is 37.4. The zero-order valence-corrected chi connectivity index (χ0v) is 31.0. The van der Waals surface area contributed by atoms with E-state index in [4.69, 9.17) is 16.0 Å². The number of fused-ring (bicyclic) bond motifs is 1. The highest BCUT2D eigenvalue weighted by Gasteiger charge is 2.49. The van der Waals surface area contributed by atoms with Crippen LogP contribution in [0.3, 0.4) is 0 Å². The number of likely N-dealkylation sites (tertiary alicyclic amines) is 1. The highest BCUT2D eigenvalue weighted by atomic mass is 35.5. The van der Waals surface area contributed by atoms with E-state index in [0.717, 1.165) is 47.9 Å². The summed E-state index contributed by atoms with van der Waals surface area (Å²) in [6.07, 6.45) is 7.62. The van der Waals surface area contributed by atoms with Crippen LogP contribution in [0, 0.1) is 11.3 Å². The molecule has 2 aliphatic rings.